The van der Waals surface area contributed by atoms with Crippen LogP contribution in [-0.2, 0) is 9.59 Å². The predicted molar refractivity (Wildman–Crippen MR) is 98.3 cm³/mol. The maximum absolute atomic E-state index is 12.5. The van der Waals surface area contributed by atoms with Gasteiger partial charge in [0.2, 0.25) is 11.8 Å². The molecule has 2 aliphatic rings. The van der Waals surface area contributed by atoms with Crippen molar-refractivity contribution in [3.05, 3.63) is 30.3 Å². The molecule has 1 aromatic rings. The normalized spacial score (nSPS) is 22.6. The maximum atomic E-state index is 12.5. The number of carbonyl (C=O) groups excluding carboxylic acids is 2. The van der Waals surface area contributed by atoms with E-state index in [9.17, 15) is 9.59 Å². The van der Waals surface area contributed by atoms with Gasteiger partial charge in [-0.15, -0.1) is 0 Å². The van der Waals surface area contributed by atoms with E-state index in [1.54, 1.807) is 0 Å². The van der Waals surface area contributed by atoms with Crippen molar-refractivity contribution in [3.63, 3.8) is 0 Å². The molecule has 136 valence electrons. The van der Waals surface area contributed by atoms with Crippen LogP contribution in [0.1, 0.15) is 19.8 Å². The summed E-state index contributed by atoms with van der Waals surface area (Å²) >= 11 is 0. The molecular weight excluding hydrogens is 316 g/mol. The fourth-order valence-corrected chi connectivity index (χ4v) is 3.55. The first-order chi connectivity index (χ1) is 12.1. The SMILES string of the molecule is C[C@@H]1CNCCN1CC(=O)N1CCC(C(=O)Nc2ccccc2)CC1. The van der Waals surface area contributed by atoms with Crippen LogP contribution in [0, 0.1) is 5.92 Å². The summed E-state index contributed by atoms with van der Waals surface area (Å²) in [5.74, 6) is 0.243. The maximum Gasteiger partial charge on any atom is 0.236 e. The average molecular weight is 344 g/mol. The van der Waals surface area contributed by atoms with Crippen LogP contribution < -0.4 is 10.6 Å². The van der Waals surface area contributed by atoms with Gasteiger partial charge in [-0.05, 0) is 31.9 Å². The molecule has 2 N–H and O–H groups in total. The van der Waals surface area contributed by atoms with Crippen LogP contribution in [0.5, 0.6) is 0 Å². The zero-order valence-electron chi connectivity index (χ0n) is 14.9. The van der Waals surface area contributed by atoms with E-state index < -0.39 is 0 Å². The van der Waals surface area contributed by atoms with Crippen molar-refractivity contribution in [2.75, 3.05) is 44.6 Å². The van der Waals surface area contributed by atoms with Gasteiger partial charge in [0, 0.05) is 50.4 Å². The van der Waals surface area contributed by atoms with Crippen LogP contribution in [0.3, 0.4) is 0 Å². The molecule has 1 aromatic carbocycles. The third kappa shape index (κ3) is 4.80. The van der Waals surface area contributed by atoms with Gasteiger partial charge >= 0.3 is 0 Å². The highest BCUT2D eigenvalue weighted by Crippen LogP contribution is 2.20. The number of hydrogen-bond donors (Lipinski definition) is 2. The van der Waals surface area contributed by atoms with Crippen molar-refractivity contribution >= 4 is 17.5 Å². The third-order valence-electron chi connectivity index (χ3n) is 5.24. The largest absolute Gasteiger partial charge is 0.342 e. The highest BCUT2D eigenvalue weighted by atomic mass is 16.2. The zero-order valence-corrected chi connectivity index (χ0v) is 14.9. The summed E-state index contributed by atoms with van der Waals surface area (Å²) in [6.45, 7) is 6.79. The molecule has 0 spiro atoms. The summed E-state index contributed by atoms with van der Waals surface area (Å²) < 4.78 is 0. The second kappa shape index (κ2) is 8.45. The number of nitrogens with one attached hydrogen (secondary N) is 2. The Bertz CT molecular complexity index is 584. The van der Waals surface area contributed by atoms with Gasteiger partial charge in [-0.25, -0.2) is 0 Å². The quantitative estimate of drug-likeness (QED) is 0.860. The van der Waals surface area contributed by atoms with Crippen LogP contribution in [0.15, 0.2) is 30.3 Å². The number of hydrogen-bond acceptors (Lipinski definition) is 4. The number of piperazine rings is 1. The number of nitrogens with zero attached hydrogens (tertiary/aromatic N) is 2. The molecule has 0 unspecified atom stereocenters. The molecule has 2 aliphatic heterocycles. The van der Waals surface area contributed by atoms with Gasteiger partial charge in [-0.1, -0.05) is 18.2 Å². The minimum atomic E-state index is -0.0117. The molecule has 1 atom stereocenters. The summed E-state index contributed by atoms with van der Waals surface area (Å²) in [7, 11) is 0. The molecule has 0 aromatic heterocycles. The molecule has 0 radical (unpaired) electrons. The number of amides is 2. The lowest BCUT2D eigenvalue weighted by molar-refractivity contribution is -0.136. The van der Waals surface area contributed by atoms with Crippen LogP contribution in [-0.4, -0.2) is 66.9 Å². The Hall–Kier alpha value is -1.92. The van der Waals surface area contributed by atoms with Gasteiger partial charge in [0.15, 0.2) is 0 Å². The highest BCUT2D eigenvalue weighted by molar-refractivity contribution is 5.92. The Morgan fingerprint density at radius 3 is 2.56 bits per heavy atom. The minimum Gasteiger partial charge on any atom is -0.342 e. The minimum absolute atomic E-state index is 0.0117. The Morgan fingerprint density at radius 1 is 1.16 bits per heavy atom. The Kier molecular flexibility index (Phi) is 6.04. The van der Waals surface area contributed by atoms with Crippen molar-refractivity contribution < 1.29 is 9.59 Å². The molecule has 2 amide bonds. The van der Waals surface area contributed by atoms with Crippen LogP contribution in [0.25, 0.3) is 0 Å². The van der Waals surface area contributed by atoms with Gasteiger partial charge in [0.05, 0.1) is 6.54 Å². The van der Waals surface area contributed by atoms with E-state index in [0.717, 1.165) is 38.2 Å². The van der Waals surface area contributed by atoms with E-state index in [4.69, 9.17) is 0 Å². The Labute approximate surface area is 149 Å². The second-order valence-corrected chi connectivity index (χ2v) is 7.03. The van der Waals surface area contributed by atoms with Crippen LogP contribution in [0.4, 0.5) is 5.69 Å². The van der Waals surface area contributed by atoms with Crippen molar-refractivity contribution in [2.24, 2.45) is 5.92 Å². The topological polar surface area (TPSA) is 64.7 Å². The van der Waals surface area contributed by atoms with E-state index in [-0.39, 0.29) is 17.7 Å². The van der Waals surface area contributed by atoms with E-state index in [1.165, 1.54) is 0 Å². The fraction of sp³-hybridized carbons (Fsp3) is 0.579. The smallest absolute Gasteiger partial charge is 0.236 e. The molecule has 3 rings (SSSR count). The summed E-state index contributed by atoms with van der Waals surface area (Å²) in [5, 5.41) is 6.31. The molecule has 0 bridgehead atoms. The molecule has 6 heteroatoms. The lowest BCUT2D eigenvalue weighted by atomic mass is 9.95. The average Bonchev–Trinajstić information content (AvgIpc) is 2.64. The molecule has 25 heavy (non-hydrogen) atoms. The first-order valence-corrected chi connectivity index (χ1v) is 9.22. The molecule has 0 saturated carbocycles. The second-order valence-electron chi connectivity index (χ2n) is 7.03. The van der Waals surface area contributed by atoms with Crippen LogP contribution >= 0.6 is 0 Å². The van der Waals surface area contributed by atoms with E-state index in [1.807, 2.05) is 35.2 Å². The molecule has 0 aliphatic carbocycles. The Morgan fingerprint density at radius 2 is 1.88 bits per heavy atom. The number of piperidine rings is 1. The Balaban J connectivity index is 1.44. The fourth-order valence-electron chi connectivity index (χ4n) is 3.55. The molecule has 2 saturated heterocycles. The van der Waals surface area contributed by atoms with E-state index in [2.05, 4.69) is 22.5 Å². The van der Waals surface area contributed by atoms with Crippen molar-refractivity contribution in [1.82, 2.24) is 15.1 Å². The van der Waals surface area contributed by atoms with Gasteiger partial charge in [-0.2, -0.15) is 0 Å². The van der Waals surface area contributed by atoms with Gasteiger partial charge in [0.1, 0.15) is 0 Å². The third-order valence-corrected chi connectivity index (χ3v) is 5.24. The summed E-state index contributed by atoms with van der Waals surface area (Å²) in [4.78, 5) is 29.1. The number of para-hydroxylation sites is 1. The standard InChI is InChI=1S/C19H28N4O2/c1-15-13-20-9-12-23(15)14-18(24)22-10-7-16(8-11-22)19(25)21-17-5-3-2-4-6-17/h2-6,15-16,20H,7-14H2,1H3,(H,21,25)/t15-/m1/s1. The monoisotopic (exact) mass is 344 g/mol. The van der Waals surface area contributed by atoms with E-state index >= 15 is 0 Å². The predicted octanol–water partition coefficient (Wildman–Crippen LogP) is 1.16. The first-order valence-electron chi connectivity index (χ1n) is 9.22. The van der Waals surface area contributed by atoms with Crippen molar-refractivity contribution in [3.8, 4) is 0 Å². The van der Waals surface area contributed by atoms with Crippen LogP contribution in [0.2, 0.25) is 0 Å². The number of carbonyl (C=O) groups is 2. The zero-order chi connectivity index (χ0) is 17.6. The van der Waals surface area contributed by atoms with Gasteiger partial charge < -0.3 is 15.5 Å². The number of benzene rings is 1. The molecule has 2 heterocycles. The van der Waals surface area contributed by atoms with Gasteiger partial charge in [-0.3, -0.25) is 14.5 Å². The first kappa shape index (κ1) is 17.9. The molecule has 6 nitrogen and oxygen atoms in total. The number of likely N-dealkylation sites (tertiary alicyclic amines) is 1. The van der Waals surface area contributed by atoms with Crippen molar-refractivity contribution in [2.45, 2.75) is 25.8 Å². The summed E-state index contributed by atoms with van der Waals surface area (Å²) in [5.41, 5.74) is 0.832. The lowest BCUT2D eigenvalue weighted by Crippen LogP contribution is -2.54. The number of anilines is 1. The molecule has 2 fully saturated rings. The molecular formula is C19H28N4O2. The highest BCUT2D eigenvalue weighted by Gasteiger charge is 2.29. The van der Waals surface area contributed by atoms with Crippen molar-refractivity contribution in [1.29, 1.82) is 0 Å². The van der Waals surface area contributed by atoms with E-state index in [0.29, 0.717) is 25.7 Å². The van der Waals surface area contributed by atoms with Gasteiger partial charge in [0.25, 0.3) is 0 Å². The summed E-state index contributed by atoms with van der Waals surface area (Å²) in [6.07, 6.45) is 1.48. The summed E-state index contributed by atoms with van der Waals surface area (Å²) in [6, 6.07) is 9.93. The lowest BCUT2D eigenvalue weighted by Gasteiger charge is -2.36. The number of rotatable bonds is 4.